The SMILES string of the molecule is CC(C)c1ccc(CC(CBr)c2cccc(Cl)c2)cc1. The first-order valence-electron chi connectivity index (χ1n) is 7.00. The van der Waals surface area contributed by atoms with Crippen molar-refractivity contribution in [2.75, 3.05) is 5.33 Å². The molecule has 0 aliphatic carbocycles. The molecule has 2 rings (SSSR count). The van der Waals surface area contributed by atoms with Crippen molar-refractivity contribution in [3.63, 3.8) is 0 Å². The summed E-state index contributed by atoms with van der Waals surface area (Å²) in [6.07, 6.45) is 1.03. The van der Waals surface area contributed by atoms with Crippen LogP contribution in [0.5, 0.6) is 0 Å². The normalized spacial score (nSPS) is 12.7. The van der Waals surface area contributed by atoms with Gasteiger partial charge in [0.2, 0.25) is 0 Å². The van der Waals surface area contributed by atoms with Crippen LogP contribution in [0, 0.1) is 0 Å². The van der Waals surface area contributed by atoms with Gasteiger partial charge in [-0.1, -0.05) is 77.8 Å². The van der Waals surface area contributed by atoms with E-state index in [1.54, 1.807) is 0 Å². The molecule has 0 saturated heterocycles. The highest BCUT2D eigenvalue weighted by atomic mass is 79.9. The van der Waals surface area contributed by atoms with Gasteiger partial charge in [-0.05, 0) is 47.1 Å². The van der Waals surface area contributed by atoms with E-state index < -0.39 is 0 Å². The second-order valence-electron chi connectivity index (χ2n) is 5.51. The quantitative estimate of drug-likeness (QED) is 0.564. The molecular formula is C18H20BrCl. The summed E-state index contributed by atoms with van der Waals surface area (Å²) in [5.74, 6) is 1.04. The molecule has 20 heavy (non-hydrogen) atoms. The molecule has 0 fully saturated rings. The van der Waals surface area contributed by atoms with Crippen molar-refractivity contribution < 1.29 is 0 Å². The van der Waals surface area contributed by atoms with Crippen LogP contribution in [0.1, 0.15) is 42.4 Å². The number of hydrogen-bond acceptors (Lipinski definition) is 0. The monoisotopic (exact) mass is 350 g/mol. The molecule has 1 unspecified atom stereocenters. The zero-order valence-corrected chi connectivity index (χ0v) is 14.3. The van der Waals surface area contributed by atoms with Gasteiger partial charge in [-0.25, -0.2) is 0 Å². The van der Waals surface area contributed by atoms with Gasteiger partial charge in [0.1, 0.15) is 0 Å². The fourth-order valence-electron chi connectivity index (χ4n) is 2.35. The lowest BCUT2D eigenvalue weighted by Gasteiger charge is -2.15. The Morgan fingerprint density at radius 3 is 2.25 bits per heavy atom. The van der Waals surface area contributed by atoms with Gasteiger partial charge in [-0.15, -0.1) is 0 Å². The van der Waals surface area contributed by atoms with Gasteiger partial charge in [0.25, 0.3) is 0 Å². The van der Waals surface area contributed by atoms with E-state index in [2.05, 4.69) is 66.2 Å². The average Bonchev–Trinajstić information content (AvgIpc) is 2.45. The molecule has 0 aliphatic heterocycles. The van der Waals surface area contributed by atoms with Crippen LogP contribution in [0.25, 0.3) is 0 Å². The Morgan fingerprint density at radius 1 is 1.00 bits per heavy atom. The second kappa shape index (κ2) is 7.28. The number of rotatable bonds is 5. The molecule has 0 aliphatic rings. The van der Waals surface area contributed by atoms with Crippen molar-refractivity contribution in [2.45, 2.75) is 32.1 Å². The van der Waals surface area contributed by atoms with Gasteiger partial charge in [0, 0.05) is 10.4 Å². The van der Waals surface area contributed by atoms with Crippen LogP contribution in [0.3, 0.4) is 0 Å². The summed E-state index contributed by atoms with van der Waals surface area (Å²) < 4.78 is 0. The van der Waals surface area contributed by atoms with Crippen molar-refractivity contribution in [1.82, 2.24) is 0 Å². The minimum Gasteiger partial charge on any atom is -0.0921 e. The van der Waals surface area contributed by atoms with E-state index in [-0.39, 0.29) is 0 Å². The fourth-order valence-corrected chi connectivity index (χ4v) is 3.15. The molecule has 0 aromatic heterocycles. The Hall–Kier alpha value is -0.790. The third-order valence-electron chi connectivity index (χ3n) is 3.63. The van der Waals surface area contributed by atoms with E-state index in [4.69, 9.17) is 11.6 Å². The van der Waals surface area contributed by atoms with Gasteiger partial charge in [0.15, 0.2) is 0 Å². The molecule has 2 aromatic carbocycles. The summed E-state index contributed by atoms with van der Waals surface area (Å²) in [4.78, 5) is 0. The Balaban J connectivity index is 2.14. The number of halogens is 2. The lowest BCUT2D eigenvalue weighted by atomic mass is 9.92. The van der Waals surface area contributed by atoms with Crippen molar-refractivity contribution in [2.24, 2.45) is 0 Å². The predicted molar refractivity (Wildman–Crippen MR) is 92.2 cm³/mol. The Labute approximate surface area is 135 Å². The molecule has 0 nitrogen and oxygen atoms in total. The lowest BCUT2D eigenvalue weighted by Crippen LogP contribution is -2.04. The molecule has 0 amide bonds. The largest absolute Gasteiger partial charge is 0.0921 e. The molecule has 2 aromatic rings. The van der Waals surface area contributed by atoms with Crippen LogP contribution in [0.4, 0.5) is 0 Å². The third-order valence-corrected chi connectivity index (χ3v) is 4.65. The van der Waals surface area contributed by atoms with Gasteiger partial charge < -0.3 is 0 Å². The van der Waals surface area contributed by atoms with Gasteiger partial charge in [-0.3, -0.25) is 0 Å². The van der Waals surface area contributed by atoms with Crippen molar-refractivity contribution >= 4 is 27.5 Å². The maximum Gasteiger partial charge on any atom is 0.0408 e. The summed E-state index contributed by atoms with van der Waals surface area (Å²) in [6, 6.07) is 17.1. The van der Waals surface area contributed by atoms with Crippen LogP contribution >= 0.6 is 27.5 Å². The topological polar surface area (TPSA) is 0 Å². The number of hydrogen-bond donors (Lipinski definition) is 0. The summed E-state index contributed by atoms with van der Waals surface area (Å²) >= 11 is 9.72. The Kier molecular flexibility index (Phi) is 5.68. The first-order chi connectivity index (χ1) is 9.60. The van der Waals surface area contributed by atoms with E-state index in [1.807, 2.05) is 12.1 Å². The highest BCUT2D eigenvalue weighted by Crippen LogP contribution is 2.26. The molecule has 0 heterocycles. The van der Waals surface area contributed by atoms with E-state index >= 15 is 0 Å². The van der Waals surface area contributed by atoms with Crippen LogP contribution < -0.4 is 0 Å². The maximum absolute atomic E-state index is 6.09. The number of benzene rings is 2. The van der Waals surface area contributed by atoms with E-state index in [0.29, 0.717) is 11.8 Å². The predicted octanol–water partition coefficient (Wildman–Crippen LogP) is 6.18. The molecule has 106 valence electrons. The average molecular weight is 352 g/mol. The van der Waals surface area contributed by atoms with E-state index in [0.717, 1.165) is 16.8 Å². The summed E-state index contributed by atoms with van der Waals surface area (Å²) in [7, 11) is 0. The summed E-state index contributed by atoms with van der Waals surface area (Å²) in [5, 5.41) is 1.75. The second-order valence-corrected chi connectivity index (χ2v) is 6.59. The molecule has 0 bridgehead atoms. The molecule has 0 N–H and O–H groups in total. The Bertz CT molecular complexity index is 546. The van der Waals surface area contributed by atoms with Crippen LogP contribution in [0.2, 0.25) is 5.02 Å². The van der Waals surface area contributed by atoms with Crippen molar-refractivity contribution in [1.29, 1.82) is 0 Å². The summed E-state index contributed by atoms with van der Waals surface area (Å²) in [5.41, 5.74) is 4.06. The highest BCUT2D eigenvalue weighted by molar-refractivity contribution is 9.09. The molecular weight excluding hydrogens is 332 g/mol. The molecule has 0 saturated carbocycles. The van der Waals surface area contributed by atoms with Crippen LogP contribution in [-0.4, -0.2) is 5.33 Å². The molecule has 0 spiro atoms. The molecule has 2 heteroatoms. The molecule has 0 radical (unpaired) electrons. The molecule has 1 atom stereocenters. The summed E-state index contributed by atoms with van der Waals surface area (Å²) in [6.45, 7) is 4.45. The maximum atomic E-state index is 6.09. The smallest absolute Gasteiger partial charge is 0.0408 e. The minimum absolute atomic E-state index is 0.457. The standard InChI is InChI=1S/C18H20BrCl/c1-13(2)15-8-6-14(7-9-15)10-17(12-19)16-4-3-5-18(20)11-16/h3-9,11,13,17H,10,12H2,1-2H3. The van der Waals surface area contributed by atoms with Crippen LogP contribution in [0.15, 0.2) is 48.5 Å². The van der Waals surface area contributed by atoms with Crippen molar-refractivity contribution in [3.8, 4) is 0 Å². The van der Waals surface area contributed by atoms with E-state index in [1.165, 1.54) is 16.7 Å². The van der Waals surface area contributed by atoms with Gasteiger partial charge >= 0.3 is 0 Å². The zero-order chi connectivity index (χ0) is 14.5. The Morgan fingerprint density at radius 2 is 1.70 bits per heavy atom. The first-order valence-corrected chi connectivity index (χ1v) is 8.50. The highest BCUT2D eigenvalue weighted by Gasteiger charge is 2.11. The third kappa shape index (κ3) is 4.10. The van der Waals surface area contributed by atoms with Gasteiger partial charge in [0.05, 0.1) is 0 Å². The fraction of sp³-hybridized carbons (Fsp3) is 0.333. The lowest BCUT2D eigenvalue weighted by molar-refractivity contribution is 0.773. The van der Waals surface area contributed by atoms with Crippen molar-refractivity contribution in [3.05, 3.63) is 70.2 Å². The minimum atomic E-state index is 0.457. The van der Waals surface area contributed by atoms with Gasteiger partial charge in [-0.2, -0.15) is 0 Å². The van der Waals surface area contributed by atoms with Crippen LogP contribution in [-0.2, 0) is 6.42 Å². The number of alkyl halides is 1. The first kappa shape index (κ1) is 15.6. The van der Waals surface area contributed by atoms with E-state index in [9.17, 15) is 0 Å². The zero-order valence-electron chi connectivity index (χ0n) is 11.9.